The van der Waals surface area contributed by atoms with E-state index in [1.165, 1.54) is 0 Å². The zero-order valence-electron chi connectivity index (χ0n) is 11.4. The molecule has 2 atom stereocenters. The van der Waals surface area contributed by atoms with Crippen LogP contribution >= 0.6 is 11.6 Å². The Morgan fingerprint density at radius 3 is 2.74 bits per heavy atom. The highest BCUT2D eigenvalue weighted by Gasteiger charge is 2.46. The first-order valence-electron chi connectivity index (χ1n) is 6.68. The second-order valence-corrected chi connectivity index (χ2v) is 5.59. The van der Waals surface area contributed by atoms with Gasteiger partial charge < -0.3 is 9.64 Å². The first-order chi connectivity index (χ1) is 9.08. The van der Waals surface area contributed by atoms with Crippen molar-refractivity contribution in [1.29, 1.82) is 0 Å². The number of esters is 1. The topological polar surface area (TPSA) is 29.5 Å². The Balaban J connectivity index is 2.35. The maximum atomic E-state index is 11.8. The molecule has 0 aliphatic carbocycles. The lowest BCUT2D eigenvalue weighted by molar-refractivity contribution is -0.165. The molecule has 2 unspecified atom stereocenters. The molecular formula is C15H20ClNO2. The van der Waals surface area contributed by atoms with Gasteiger partial charge in [0.25, 0.3) is 0 Å². The monoisotopic (exact) mass is 281 g/mol. The third-order valence-corrected chi connectivity index (χ3v) is 4.18. The fourth-order valence-electron chi connectivity index (χ4n) is 2.52. The molecule has 4 heteroatoms. The first-order valence-corrected chi connectivity index (χ1v) is 7.12. The zero-order valence-corrected chi connectivity index (χ0v) is 12.2. The van der Waals surface area contributed by atoms with E-state index in [1.54, 1.807) is 6.92 Å². The zero-order chi connectivity index (χ0) is 13.9. The summed E-state index contributed by atoms with van der Waals surface area (Å²) in [6.45, 7) is 3.39. The second-order valence-electron chi connectivity index (χ2n) is 5.06. The SMILES string of the molecule is CCC(=O)OC1(c2ccccc2)CCN(C)CC1Cl. The summed E-state index contributed by atoms with van der Waals surface area (Å²) >= 11 is 6.55. The summed E-state index contributed by atoms with van der Waals surface area (Å²) in [6, 6.07) is 9.85. The molecular weight excluding hydrogens is 262 g/mol. The van der Waals surface area contributed by atoms with Crippen molar-refractivity contribution in [2.24, 2.45) is 0 Å². The van der Waals surface area contributed by atoms with E-state index in [0.29, 0.717) is 13.0 Å². The molecule has 1 fully saturated rings. The fraction of sp³-hybridized carbons (Fsp3) is 0.533. The van der Waals surface area contributed by atoms with Crippen LogP contribution in [0.25, 0.3) is 0 Å². The van der Waals surface area contributed by atoms with Crippen molar-refractivity contribution >= 4 is 17.6 Å². The minimum absolute atomic E-state index is 0.195. The Kier molecular flexibility index (Phi) is 4.48. The first kappa shape index (κ1) is 14.4. The fourth-order valence-corrected chi connectivity index (χ4v) is 3.04. The average molecular weight is 282 g/mol. The van der Waals surface area contributed by atoms with E-state index >= 15 is 0 Å². The van der Waals surface area contributed by atoms with Crippen LogP contribution in [0, 0.1) is 0 Å². The molecule has 0 spiro atoms. The largest absolute Gasteiger partial charge is 0.452 e. The Labute approximate surface area is 119 Å². The number of likely N-dealkylation sites (tertiary alicyclic amines) is 1. The van der Waals surface area contributed by atoms with Crippen molar-refractivity contribution in [3.05, 3.63) is 35.9 Å². The van der Waals surface area contributed by atoms with Crippen LogP contribution in [0.3, 0.4) is 0 Å². The van der Waals surface area contributed by atoms with E-state index in [9.17, 15) is 4.79 Å². The van der Waals surface area contributed by atoms with Gasteiger partial charge in [0, 0.05) is 25.9 Å². The van der Waals surface area contributed by atoms with Gasteiger partial charge in [-0.1, -0.05) is 37.3 Å². The lowest BCUT2D eigenvalue weighted by atomic mass is 9.83. The van der Waals surface area contributed by atoms with Gasteiger partial charge in [-0.15, -0.1) is 11.6 Å². The van der Waals surface area contributed by atoms with Crippen LogP contribution in [0.15, 0.2) is 30.3 Å². The Bertz CT molecular complexity index is 437. The van der Waals surface area contributed by atoms with E-state index in [1.807, 2.05) is 37.4 Å². The molecule has 2 rings (SSSR count). The summed E-state index contributed by atoms with van der Waals surface area (Å²) in [5.74, 6) is -0.195. The standard InChI is InChI=1S/C15H20ClNO2/c1-3-14(18)19-15(12-7-5-4-6-8-12)9-10-17(2)11-13(15)16/h4-8,13H,3,9-11H2,1-2H3. The molecule has 1 aromatic carbocycles. The van der Waals surface area contributed by atoms with Crippen LogP contribution in [0.5, 0.6) is 0 Å². The molecule has 19 heavy (non-hydrogen) atoms. The van der Waals surface area contributed by atoms with Gasteiger partial charge in [0.2, 0.25) is 0 Å². The van der Waals surface area contributed by atoms with E-state index in [4.69, 9.17) is 16.3 Å². The predicted molar refractivity (Wildman–Crippen MR) is 76.3 cm³/mol. The normalized spacial score (nSPS) is 28.1. The molecule has 0 bridgehead atoms. The number of piperidine rings is 1. The van der Waals surface area contributed by atoms with Gasteiger partial charge >= 0.3 is 5.97 Å². The molecule has 1 aliphatic heterocycles. The van der Waals surface area contributed by atoms with Gasteiger partial charge in [-0.05, 0) is 12.6 Å². The molecule has 0 aromatic heterocycles. The van der Waals surface area contributed by atoms with Gasteiger partial charge in [0.05, 0.1) is 5.38 Å². The van der Waals surface area contributed by atoms with Gasteiger partial charge in [-0.25, -0.2) is 0 Å². The number of hydrogen-bond donors (Lipinski definition) is 0. The average Bonchev–Trinajstić information content (AvgIpc) is 2.43. The third-order valence-electron chi connectivity index (χ3n) is 3.69. The van der Waals surface area contributed by atoms with E-state index in [0.717, 1.165) is 18.5 Å². The number of hydrogen-bond acceptors (Lipinski definition) is 3. The summed E-state index contributed by atoms with van der Waals surface area (Å²) in [4.78, 5) is 14.0. The molecule has 1 aliphatic rings. The highest BCUT2D eigenvalue weighted by molar-refractivity contribution is 6.21. The molecule has 0 N–H and O–H groups in total. The Morgan fingerprint density at radius 1 is 1.47 bits per heavy atom. The Hall–Kier alpha value is -1.06. The number of carbonyl (C=O) groups is 1. The summed E-state index contributed by atoms with van der Waals surface area (Å²) in [7, 11) is 2.03. The van der Waals surface area contributed by atoms with Gasteiger partial charge in [0.15, 0.2) is 5.60 Å². The summed E-state index contributed by atoms with van der Waals surface area (Å²) in [5.41, 5.74) is 0.299. The lowest BCUT2D eigenvalue weighted by Gasteiger charge is -2.43. The van der Waals surface area contributed by atoms with Crippen molar-refractivity contribution in [3.63, 3.8) is 0 Å². The van der Waals surface area contributed by atoms with Crippen LogP contribution in [0.2, 0.25) is 0 Å². The highest BCUT2D eigenvalue weighted by Crippen LogP contribution is 2.39. The predicted octanol–water partition coefficient (Wildman–Crippen LogP) is 2.78. The van der Waals surface area contributed by atoms with E-state index < -0.39 is 5.60 Å². The van der Waals surface area contributed by atoms with Crippen molar-refractivity contribution in [2.75, 3.05) is 20.1 Å². The summed E-state index contributed by atoms with van der Waals surface area (Å²) in [6.07, 6.45) is 1.10. The van der Waals surface area contributed by atoms with Crippen molar-refractivity contribution in [2.45, 2.75) is 30.7 Å². The van der Waals surface area contributed by atoms with Crippen molar-refractivity contribution in [3.8, 4) is 0 Å². The third kappa shape index (κ3) is 2.93. The van der Waals surface area contributed by atoms with Crippen molar-refractivity contribution < 1.29 is 9.53 Å². The number of benzene rings is 1. The number of nitrogens with zero attached hydrogens (tertiary/aromatic N) is 1. The number of ether oxygens (including phenoxy) is 1. The maximum absolute atomic E-state index is 11.8. The molecule has 104 valence electrons. The molecule has 1 aromatic rings. The van der Waals surface area contributed by atoms with Crippen molar-refractivity contribution in [1.82, 2.24) is 4.90 Å². The minimum atomic E-state index is -0.692. The summed E-state index contributed by atoms with van der Waals surface area (Å²) in [5, 5.41) is -0.232. The van der Waals surface area contributed by atoms with E-state index in [2.05, 4.69) is 4.90 Å². The molecule has 0 amide bonds. The number of halogens is 1. The molecule has 0 radical (unpaired) electrons. The molecule has 3 nitrogen and oxygen atoms in total. The second kappa shape index (κ2) is 5.93. The Morgan fingerprint density at radius 2 is 2.16 bits per heavy atom. The number of rotatable bonds is 3. The quantitative estimate of drug-likeness (QED) is 0.630. The minimum Gasteiger partial charge on any atom is -0.452 e. The van der Waals surface area contributed by atoms with Crippen LogP contribution in [0.4, 0.5) is 0 Å². The van der Waals surface area contributed by atoms with Gasteiger partial charge in [-0.2, -0.15) is 0 Å². The molecule has 1 heterocycles. The lowest BCUT2D eigenvalue weighted by Crippen LogP contribution is -2.52. The number of carbonyl (C=O) groups excluding carboxylic acids is 1. The van der Waals surface area contributed by atoms with Gasteiger partial charge in [0.1, 0.15) is 0 Å². The van der Waals surface area contributed by atoms with E-state index in [-0.39, 0.29) is 11.3 Å². The highest BCUT2D eigenvalue weighted by atomic mass is 35.5. The van der Waals surface area contributed by atoms with Crippen LogP contribution < -0.4 is 0 Å². The van der Waals surface area contributed by atoms with Crippen LogP contribution in [-0.4, -0.2) is 36.4 Å². The maximum Gasteiger partial charge on any atom is 0.306 e. The molecule has 1 saturated heterocycles. The number of alkyl halides is 1. The van der Waals surface area contributed by atoms with Crippen LogP contribution in [-0.2, 0) is 15.1 Å². The smallest absolute Gasteiger partial charge is 0.306 e. The van der Waals surface area contributed by atoms with Gasteiger partial charge in [-0.3, -0.25) is 4.79 Å². The summed E-state index contributed by atoms with van der Waals surface area (Å²) < 4.78 is 5.78. The molecule has 0 saturated carbocycles. The van der Waals surface area contributed by atoms with Crippen LogP contribution in [0.1, 0.15) is 25.3 Å².